The molecule has 6 nitrogen and oxygen atoms in total. The van der Waals surface area contributed by atoms with Crippen molar-refractivity contribution >= 4 is 74.7 Å². The first-order valence-corrected chi connectivity index (χ1v) is 10.9. The van der Waals surface area contributed by atoms with Crippen molar-refractivity contribution < 1.29 is 14.3 Å². The normalized spacial score (nSPS) is 10.2. The summed E-state index contributed by atoms with van der Waals surface area (Å²) < 4.78 is 6.20. The lowest BCUT2D eigenvalue weighted by atomic mass is 10.2. The minimum atomic E-state index is -0.357. The summed E-state index contributed by atoms with van der Waals surface area (Å²) in [6, 6.07) is 19.0. The van der Waals surface area contributed by atoms with Crippen molar-refractivity contribution in [3.63, 3.8) is 0 Å². The van der Waals surface area contributed by atoms with E-state index in [1.165, 1.54) is 7.11 Å². The van der Waals surface area contributed by atoms with Gasteiger partial charge in [0.05, 0.1) is 28.9 Å². The molecule has 0 bridgehead atoms. The van der Waals surface area contributed by atoms with Crippen LogP contribution in [0.25, 0.3) is 0 Å². The summed E-state index contributed by atoms with van der Waals surface area (Å²) in [6.07, 6.45) is 0. The second-order valence-electron chi connectivity index (χ2n) is 6.24. The van der Waals surface area contributed by atoms with Crippen molar-refractivity contribution in [2.75, 3.05) is 17.7 Å². The second-order valence-corrected chi connectivity index (χ2v) is 8.21. The van der Waals surface area contributed by atoms with Crippen LogP contribution in [0.15, 0.2) is 66.7 Å². The van der Waals surface area contributed by atoms with Crippen molar-refractivity contribution in [2.24, 2.45) is 0 Å². The Balaban J connectivity index is 1.69. The fourth-order valence-corrected chi connectivity index (χ4v) is 3.75. The van der Waals surface area contributed by atoms with Gasteiger partial charge in [0.1, 0.15) is 5.75 Å². The van der Waals surface area contributed by atoms with Crippen LogP contribution in [-0.4, -0.2) is 24.0 Å². The van der Waals surface area contributed by atoms with Gasteiger partial charge in [0.25, 0.3) is 11.8 Å². The number of hydrogen-bond donors (Lipinski definition) is 3. The largest absolute Gasteiger partial charge is 0.494 e. The molecule has 0 aliphatic heterocycles. The van der Waals surface area contributed by atoms with Crippen LogP contribution < -0.4 is 20.7 Å². The van der Waals surface area contributed by atoms with Crippen molar-refractivity contribution in [1.29, 1.82) is 0 Å². The third kappa shape index (κ3) is 5.93. The lowest BCUT2D eigenvalue weighted by Gasteiger charge is -2.14. The minimum absolute atomic E-state index is 0.138. The first-order chi connectivity index (χ1) is 14.9. The summed E-state index contributed by atoms with van der Waals surface area (Å²) in [5, 5.41) is 8.86. The molecule has 0 aliphatic rings. The number of halogens is 2. The Kier molecular flexibility index (Phi) is 7.83. The molecule has 158 valence electrons. The molecule has 0 aromatic heterocycles. The van der Waals surface area contributed by atoms with Crippen LogP contribution in [0.2, 0.25) is 5.02 Å². The van der Waals surface area contributed by atoms with E-state index in [-0.39, 0.29) is 16.9 Å². The SMILES string of the molecule is COc1cc(NC(=S)NC(=O)c2ccccc2I)ccc1NC(=O)c1ccccc1Cl. The van der Waals surface area contributed by atoms with E-state index in [0.717, 1.165) is 3.57 Å². The highest BCUT2D eigenvalue weighted by Gasteiger charge is 2.14. The fourth-order valence-electron chi connectivity index (χ4n) is 2.69. The highest BCUT2D eigenvalue weighted by atomic mass is 127. The van der Waals surface area contributed by atoms with E-state index < -0.39 is 0 Å². The molecule has 3 N–H and O–H groups in total. The Morgan fingerprint density at radius 1 is 0.935 bits per heavy atom. The smallest absolute Gasteiger partial charge is 0.258 e. The van der Waals surface area contributed by atoms with Gasteiger partial charge < -0.3 is 15.4 Å². The zero-order valence-corrected chi connectivity index (χ0v) is 20.0. The summed E-state index contributed by atoms with van der Waals surface area (Å²) in [5.41, 5.74) is 1.93. The van der Waals surface area contributed by atoms with Crippen LogP contribution in [-0.2, 0) is 0 Å². The molecule has 0 atom stereocenters. The van der Waals surface area contributed by atoms with E-state index >= 15 is 0 Å². The van der Waals surface area contributed by atoms with Gasteiger partial charge >= 0.3 is 0 Å². The summed E-state index contributed by atoms with van der Waals surface area (Å²) >= 11 is 13.4. The fraction of sp³-hybridized carbons (Fsp3) is 0.0455. The van der Waals surface area contributed by atoms with E-state index in [9.17, 15) is 9.59 Å². The monoisotopic (exact) mass is 565 g/mol. The lowest BCUT2D eigenvalue weighted by molar-refractivity contribution is 0.0975. The van der Waals surface area contributed by atoms with Gasteiger partial charge in [-0.05, 0) is 71.2 Å². The summed E-state index contributed by atoms with van der Waals surface area (Å²) in [5.74, 6) is -0.250. The quantitative estimate of drug-likeness (QED) is 0.288. The Morgan fingerprint density at radius 2 is 1.61 bits per heavy atom. The van der Waals surface area contributed by atoms with Crippen molar-refractivity contribution in [2.45, 2.75) is 0 Å². The van der Waals surface area contributed by atoms with Crippen molar-refractivity contribution in [3.8, 4) is 5.75 Å². The lowest BCUT2D eigenvalue weighted by Crippen LogP contribution is -2.34. The van der Waals surface area contributed by atoms with Crippen LogP contribution in [0.1, 0.15) is 20.7 Å². The minimum Gasteiger partial charge on any atom is -0.494 e. The van der Waals surface area contributed by atoms with E-state index in [1.54, 1.807) is 54.6 Å². The molecule has 3 aromatic carbocycles. The highest BCUT2D eigenvalue weighted by molar-refractivity contribution is 14.1. The van der Waals surface area contributed by atoms with Crippen LogP contribution >= 0.6 is 46.4 Å². The Hall–Kier alpha value is -2.69. The van der Waals surface area contributed by atoms with Gasteiger partial charge in [-0.15, -0.1) is 0 Å². The molecular weight excluding hydrogens is 549 g/mol. The number of carbonyl (C=O) groups excluding carboxylic acids is 2. The number of anilines is 2. The first-order valence-electron chi connectivity index (χ1n) is 9.00. The molecule has 0 aliphatic carbocycles. The maximum Gasteiger partial charge on any atom is 0.258 e. The Morgan fingerprint density at radius 3 is 2.29 bits per heavy atom. The first kappa shape index (κ1) is 23.0. The molecule has 0 saturated heterocycles. The summed E-state index contributed by atoms with van der Waals surface area (Å²) in [4.78, 5) is 24.9. The number of methoxy groups -OCH3 is 1. The Labute approximate surface area is 203 Å². The van der Waals surface area contributed by atoms with Gasteiger partial charge in [0.15, 0.2) is 5.11 Å². The number of rotatable bonds is 5. The number of amides is 2. The van der Waals surface area contributed by atoms with Gasteiger partial charge in [0, 0.05) is 15.3 Å². The average molecular weight is 566 g/mol. The van der Waals surface area contributed by atoms with E-state index in [1.807, 2.05) is 12.1 Å². The number of thiocarbonyl (C=S) groups is 1. The number of ether oxygens (including phenoxy) is 1. The molecule has 0 saturated carbocycles. The third-order valence-corrected chi connectivity index (χ3v) is 5.65. The summed E-state index contributed by atoms with van der Waals surface area (Å²) in [7, 11) is 1.49. The van der Waals surface area contributed by atoms with Crippen molar-refractivity contribution in [1.82, 2.24) is 5.32 Å². The molecule has 0 unspecified atom stereocenters. The second kappa shape index (κ2) is 10.6. The highest BCUT2D eigenvalue weighted by Crippen LogP contribution is 2.29. The molecule has 2 amide bonds. The Bertz CT molecular complexity index is 1160. The molecule has 31 heavy (non-hydrogen) atoms. The van der Waals surface area contributed by atoms with E-state index in [0.29, 0.717) is 33.3 Å². The number of hydrogen-bond acceptors (Lipinski definition) is 4. The summed E-state index contributed by atoms with van der Waals surface area (Å²) in [6.45, 7) is 0. The molecule has 0 heterocycles. The molecule has 3 aromatic rings. The van der Waals surface area contributed by atoms with E-state index in [4.69, 9.17) is 28.6 Å². The van der Waals surface area contributed by atoms with E-state index in [2.05, 4.69) is 38.5 Å². The molecule has 0 fully saturated rings. The predicted octanol–water partition coefficient (Wildman–Crippen LogP) is 5.33. The molecule has 0 spiro atoms. The van der Waals surface area contributed by atoms with Crippen LogP contribution in [0.4, 0.5) is 11.4 Å². The molecule has 0 radical (unpaired) electrons. The number of nitrogens with one attached hydrogen (secondary N) is 3. The predicted molar refractivity (Wildman–Crippen MR) is 135 cm³/mol. The van der Waals surface area contributed by atoms with Gasteiger partial charge in [-0.25, -0.2) is 0 Å². The van der Waals surface area contributed by atoms with Gasteiger partial charge in [-0.1, -0.05) is 35.9 Å². The number of carbonyl (C=O) groups is 2. The third-order valence-electron chi connectivity index (χ3n) is 4.17. The van der Waals surface area contributed by atoms with Gasteiger partial charge in [-0.2, -0.15) is 0 Å². The van der Waals surface area contributed by atoms with Crippen LogP contribution in [0.3, 0.4) is 0 Å². The standard InChI is InChI=1S/C22H17ClIN3O3S/c1-30-19-12-13(25-22(31)27-21(29)15-7-3-5-9-17(15)24)10-11-18(19)26-20(28)14-6-2-4-8-16(14)23/h2-12H,1H3,(H,26,28)(H2,25,27,29,31). The van der Waals surface area contributed by atoms with Crippen LogP contribution in [0.5, 0.6) is 5.75 Å². The maximum absolute atomic E-state index is 12.5. The molecular formula is C22H17ClIN3O3S. The topological polar surface area (TPSA) is 79.5 Å². The van der Waals surface area contributed by atoms with Gasteiger partial charge in [-0.3, -0.25) is 14.9 Å². The zero-order valence-electron chi connectivity index (χ0n) is 16.2. The number of benzene rings is 3. The average Bonchev–Trinajstić information content (AvgIpc) is 2.75. The van der Waals surface area contributed by atoms with Crippen molar-refractivity contribution in [3.05, 3.63) is 86.4 Å². The molecule has 3 rings (SSSR count). The van der Waals surface area contributed by atoms with Gasteiger partial charge in [0.2, 0.25) is 0 Å². The zero-order chi connectivity index (χ0) is 22.4. The van der Waals surface area contributed by atoms with Crippen LogP contribution in [0, 0.1) is 3.57 Å². The molecule has 9 heteroatoms. The maximum atomic E-state index is 12.5.